The number of aliphatic imine (C=N–C) groups is 1. The normalized spacial score (nSPS) is 11.1. The van der Waals surface area contributed by atoms with Crippen LogP contribution >= 0.6 is 0 Å². The van der Waals surface area contributed by atoms with Gasteiger partial charge in [0.2, 0.25) is 0 Å². The molecule has 0 saturated heterocycles. The first-order chi connectivity index (χ1) is 9.26. The van der Waals surface area contributed by atoms with Crippen LogP contribution in [0.2, 0.25) is 0 Å². The molecule has 0 unspecified atom stereocenters. The van der Waals surface area contributed by atoms with E-state index in [2.05, 4.69) is 29.0 Å². The van der Waals surface area contributed by atoms with Gasteiger partial charge >= 0.3 is 0 Å². The van der Waals surface area contributed by atoms with Crippen molar-refractivity contribution in [1.29, 1.82) is 0 Å². The molecular formula is C15H23N3O. The van der Waals surface area contributed by atoms with Gasteiger partial charge in [-0.3, -0.25) is 4.99 Å². The summed E-state index contributed by atoms with van der Waals surface area (Å²) in [5.74, 6) is 1.39. The largest absolute Gasteiger partial charge is 0.497 e. The van der Waals surface area contributed by atoms with Gasteiger partial charge in [-0.25, -0.2) is 0 Å². The zero-order chi connectivity index (χ0) is 13.9. The first-order valence-electron chi connectivity index (χ1n) is 6.54. The molecule has 0 radical (unpaired) electrons. The molecule has 1 rings (SSSR count). The Kier molecular flexibility index (Phi) is 7.17. The Morgan fingerprint density at radius 1 is 1.37 bits per heavy atom. The van der Waals surface area contributed by atoms with Gasteiger partial charge in [0.25, 0.3) is 0 Å². The zero-order valence-electron chi connectivity index (χ0n) is 11.6. The minimum absolute atomic E-state index is 0.490. The Hall–Kier alpha value is -1.97. The minimum atomic E-state index is 0.490. The molecular weight excluding hydrogens is 238 g/mol. The summed E-state index contributed by atoms with van der Waals surface area (Å²) >= 11 is 0. The predicted molar refractivity (Wildman–Crippen MR) is 80.6 cm³/mol. The molecule has 19 heavy (non-hydrogen) atoms. The average Bonchev–Trinajstić information content (AvgIpc) is 2.45. The third kappa shape index (κ3) is 6.50. The number of methoxy groups -OCH3 is 1. The van der Waals surface area contributed by atoms with Gasteiger partial charge in [0.05, 0.1) is 7.11 Å². The van der Waals surface area contributed by atoms with E-state index in [1.165, 1.54) is 5.56 Å². The van der Waals surface area contributed by atoms with E-state index >= 15 is 0 Å². The molecule has 1 aromatic rings. The van der Waals surface area contributed by atoms with E-state index in [0.29, 0.717) is 12.5 Å². The first kappa shape index (κ1) is 15.1. The van der Waals surface area contributed by atoms with Crippen molar-refractivity contribution in [2.24, 2.45) is 10.7 Å². The van der Waals surface area contributed by atoms with E-state index in [1.54, 1.807) is 13.2 Å². The van der Waals surface area contributed by atoms with Gasteiger partial charge in [0.1, 0.15) is 5.75 Å². The Labute approximate surface area is 115 Å². The summed E-state index contributed by atoms with van der Waals surface area (Å²) in [6.07, 6.45) is 4.94. The molecule has 0 saturated carbocycles. The average molecular weight is 261 g/mol. The van der Waals surface area contributed by atoms with Crippen LogP contribution in [-0.2, 0) is 6.42 Å². The van der Waals surface area contributed by atoms with Gasteiger partial charge in [-0.15, -0.1) is 6.58 Å². The van der Waals surface area contributed by atoms with Crippen molar-refractivity contribution in [3.05, 3.63) is 42.5 Å². The lowest BCUT2D eigenvalue weighted by atomic mass is 10.1. The molecule has 0 atom stereocenters. The number of guanidine groups is 1. The molecule has 0 bridgehead atoms. The van der Waals surface area contributed by atoms with E-state index in [1.807, 2.05) is 12.1 Å². The molecule has 0 aromatic heterocycles. The Morgan fingerprint density at radius 2 is 2.11 bits per heavy atom. The summed E-state index contributed by atoms with van der Waals surface area (Å²) in [5, 5.41) is 2.95. The second kappa shape index (κ2) is 9.03. The number of benzene rings is 1. The lowest BCUT2D eigenvalue weighted by Crippen LogP contribution is -2.31. The van der Waals surface area contributed by atoms with Gasteiger partial charge < -0.3 is 15.8 Å². The quantitative estimate of drug-likeness (QED) is 0.326. The van der Waals surface area contributed by atoms with E-state index in [4.69, 9.17) is 10.5 Å². The molecule has 104 valence electrons. The van der Waals surface area contributed by atoms with Crippen LogP contribution in [0.4, 0.5) is 0 Å². The molecule has 0 aliphatic carbocycles. The maximum Gasteiger partial charge on any atom is 0.188 e. The summed E-state index contributed by atoms with van der Waals surface area (Å²) in [5.41, 5.74) is 6.98. The molecule has 0 amide bonds. The maximum absolute atomic E-state index is 5.66. The SMILES string of the molecule is C=CCNC(N)=NCCCCc1ccc(OC)cc1. The molecule has 4 heteroatoms. The van der Waals surface area contributed by atoms with Crippen LogP contribution in [0.15, 0.2) is 41.9 Å². The second-order valence-corrected chi connectivity index (χ2v) is 4.24. The first-order valence-corrected chi connectivity index (χ1v) is 6.54. The van der Waals surface area contributed by atoms with Crippen molar-refractivity contribution < 1.29 is 4.74 Å². The lowest BCUT2D eigenvalue weighted by molar-refractivity contribution is 0.414. The lowest BCUT2D eigenvalue weighted by Gasteiger charge is -2.04. The maximum atomic E-state index is 5.66. The van der Waals surface area contributed by atoms with E-state index in [0.717, 1.165) is 31.6 Å². The van der Waals surface area contributed by atoms with Gasteiger partial charge in [-0.05, 0) is 37.0 Å². The number of nitrogens with two attached hydrogens (primary N) is 1. The monoisotopic (exact) mass is 261 g/mol. The van der Waals surface area contributed by atoms with Crippen molar-refractivity contribution in [1.82, 2.24) is 5.32 Å². The van der Waals surface area contributed by atoms with E-state index < -0.39 is 0 Å². The number of rotatable bonds is 8. The van der Waals surface area contributed by atoms with Gasteiger partial charge in [-0.1, -0.05) is 18.2 Å². The van der Waals surface area contributed by atoms with Gasteiger partial charge in [0, 0.05) is 13.1 Å². The van der Waals surface area contributed by atoms with E-state index in [9.17, 15) is 0 Å². The van der Waals surface area contributed by atoms with Crippen LogP contribution < -0.4 is 15.8 Å². The molecule has 0 heterocycles. The number of unbranched alkanes of at least 4 members (excludes halogenated alkanes) is 1. The van der Waals surface area contributed by atoms with Crippen LogP contribution in [0.25, 0.3) is 0 Å². The highest BCUT2D eigenvalue weighted by atomic mass is 16.5. The molecule has 4 nitrogen and oxygen atoms in total. The molecule has 0 fully saturated rings. The number of hydrogen-bond acceptors (Lipinski definition) is 2. The van der Waals surface area contributed by atoms with Crippen molar-refractivity contribution >= 4 is 5.96 Å². The Bertz CT molecular complexity index is 398. The highest BCUT2D eigenvalue weighted by molar-refractivity contribution is 5.77. The number of nitrogens with one attached hydrogen (secondary N) is 1. The smallest absolute Gasteiger partial charge is 0.188 e. The van der Waals surface area contributed by atoms with E-state index in [-0.39, 0.29) is 0 Å². The molecule has 1 aromatic carbocycles. The van der Waals surface area contributed by atoms with Crippen molar-refractivity contribution in [3.63, 3.8) is 0 Å². The Balaban J connectivity index is 2.17. The van der Waals surface area contributed by atoms with Crippen molar-refractivity contribution in [3.8, 4) is 5.75 Å². The van der Waals surface area contributed by atoms with Crippen LogP contribution in [0, 0.1) is 0 Å². The van der Waals surface area contributed by atoms with Crippen molar-refractivity contribution in [2.45, 2.75) is 19.3 Å². The molecule has 0 spiro atoms. The molecule has 0 aliphatic rings. The fraction of sp³-hybridized carbons (Fsp3) is 0.400. The fourth-order valence-corrected chi connectivity index (χ4v) is 1.67. The summed E-state index contributed by atoms with van der Waals surface area (Å²) in [4.78, 5) is 4.24. The summed E-state index contributed by atoms with van der Waals surface area (Å²) in [7, 11) is 1.68. The summed E-state index contributed by atoms with van der Waals surface area (Å²) < 4.78 is 5.13. The third-order valence-electron chi connectivity index (χ3n) is 2.74. The molecule has 3 N–H and O–H groups in total. The van der Waals surface area contributed by atoms with Crippen LogP contribution in [-0.4, -0.2) is 26.2 Å². The minimum Gasteiger partial charge on any atom is -0.497 e. The second-order valence-electron chi connectivity index (χ2n) is 4.24. The molecule has 0 aliphatic heterocycles. The number of hydrogen-bond donors (Lipinski definition) is 2. The Morgan fingerprint density at radius 3 is 2.74 bits per heavy atom. The zero-order valence-corrected chi connectivity index (χ0v) is 11.6. The number of nitrogens with zero attached hydrogens (tertiary/aromatic N) is 1. The van der Waals surface area contributed by atoms with Gasteiger partial charge in [0.15, 0.2) is 5.96 Å². The standard InChI is InChI=1S/C15H23N3O/c1-3-11-17-15(16)18-12-5-4-6-13-7-9-14(19-2)10-8-13/h3,7-10H,1,4-6,11-12H2,2H3,(H3,16,17,18). The highest BCUT2D eigenvalue weighted by Crippen LogP contribution is 2.13. The third-order valence-corrected chi connectivity index (χ3v) is 2.74. The summed E-state index contributed by atoms with van der Waals surface area (Å²) in [6, 6.07) is 8.18. The van der Waals surface area contributed by atoms with Crippen LogP contribution in [0.1, 0.15) is 18.4 Å². The summed E-state index contributed by atoms with van der Waals surface area (Å²) in [6.45, 7) is 5.02. The number of ether oxygens (including phenoxy) is 1. The van der Waals surface area contributed by atoms with Crippen LogP contribution in [0.5, 0.6) is 5.75 Å². The van der Waals surface area contributed by atoms with Gasteiger partial charge in [-0.2, -0.15) is 0 Å². The topological polar surface area (TPSA) is 59.6 Å². The van der Waals surface area contributed by atoms with Crippen molar-refractivity contribution in [2.75, 3.05) is 20.2 Å². The predicted octanol–water partition coefficient (Wildman–Crippen LogP) is 2.11. The fourth-order valence-electron chi connectivity index (χ4n) is 1.67. The number of aryl methyl sites for hydroxylation is 1. The highest BCUT2D eigenvalue weighted by Gasteiger charge is 1.95. The van der Waals surface area contributed by atoms with Crippen LogP contribution in [0.3, 0.4) is 0 Å².